The average Bonchev–Trinajstić information content (AvgIpc) is 2.41. The van der Waals surface area contributed by atoms with Crippen LogP contribution in [0.25, 0.3) is 0 Å². The first-order chi connectivity index (χ1) is 9.47. The summed E-state index contributed by atoms with van der Waals surface area (Å²) in [6.45, 7) is 9.22. The van der Waals surface area contributed by atoms with E-state index < -0.39 is 0 Å². The highest BCUT2D eigenvalue weighted by Crippen LogP contribution is 2.52. The van der Waals surface area contributed by atoms with Crippen LogP contribution >= 0.6 is 0 Å². The van der Waals surface area contributed by atoms with Crippen LogP contribution in [0.5, 0.6) is 0 Å². The van der Waals surface area contributed by atoms with Gasteiger partial charge in [-0.3, -0.25) is 0 Å². The number of carbonyl (C=O) groups is 1. The molecule has 0 aromatic carbocycles. The number of esters is 1. The minimum Gasteiger partial charge on any atom is -0.463 e. The molecule has 2 aliphatic carbocycles. The van der Waals surface area contributed by atoms with Crippen LogP contribution in [0.15, 0.2) is 24.3 Å². The standard InChI is InChI=1S/C18H28O2/c1-5-20-17(19)10-11-18(4)14(3)7-8-15-12-13(2)6-9-16(15)18/h7-8,10-11,13-16H,5-6,9,12H2,1-4H3/b11-10+/t13-,14-,15-,16-,18-/m0/s1. The van der Waals surface area contributed by atoms with E-state index in [1.54, 1.807) is 6.08 Å². The minimum atomic E-state index is -0.212. The van der Waals surface area contributed by atoms with Crippen molar-refractivity contribution in [3.05, 3.63) is 24.3 Å². The average molecular weight is 276 g/mol. The fourth-order valence-corrected chi connectivity index (χ4v) is 3.98. The molecule has 0 bridgehead atoms. The summed E-state index contributed by atoms with van der Waals surface area (Å²) in [7, 11) is 0. The number of hydrogen-bond donors (Lipinski definition) is 0. The molecule has 0 aromatic rings. The molecule has 112 valence electrons. The van der Waals surface area contributed by atoms with Gasteiger partial charge in [-0.25, -0.2) is 4.79 Å². The van der Waals surface area contributed by atoms with Gasteiger partial charge in [-0.05, 0) is 48.9 Å². The van der Waals surface area contributed by atoms with Crippen molar-refractivity contribution in [3.63, 3.8) is 0 Å². The van der Waals surface area contributed by atoms with Crippen molar-refractivity contribution in [2.75, 3.05) is 6.61 Å². The predicted molar refractivity (Wildman–Crippen MR) is 82.2 cm³/mol. The first-order valence-corrected chi connectivity index (χ1v) is 8.01. The lowest BCUT2D eigenvalue weighted by atomic mass is 9.55. The molecule has 0 radical (unpaired) electrons. The monoisotopic (exact) mass is 276 g/mol. The Balaban J connectivity index is 2.19. The van der Waals surface area contributed by atoms with Crippen LogP contribution in [-0.4, -0.2) is 12.6 Å². The molecule has 1 fully saturated rings. The second-order valence-corrected chi connectivity index (χ2v) is 6.81. The van der Waals surface area contributed by atoms with E-state index in [1.165, 1.54) is 19.3 Å². The van der Waals surface area contributed by atoms with Crippen molar-refractivity contribution in [3.8, 4) is 0 Å². The molecule has 1 saturated carbocycles. The molecule has 2 nitrogen and oxygen atoms in total. The quantitative estimate of drug-likeness (QED) is 0.434. The molecule has 0 aromatic heterocycles. The van der Waals surface area contributed by atoms with Gasteiger partial charge in [0.25, 0.3) is 0 Å². The van der Waals surface area contributed by atoms with Gasteiger partial charge in [-0.15, -0.1) is 0 Å². The molecule has 0 amide bonds. The number of ether oxygens (including phenoxy) is 1. The SMILES string of the molecule is CCOC(=O)/C=C/[C@@]1(C)[C@@H](C)C=C[C@H]2C[C@@H](C)CC[C@@H]21. The van der Waals surface area contributed by atoms with E-state index in [-0.39, 0.29) is 11.4 Å². The Kier molecular flexibility index (Phi) is 4.72. The van der Waals surface area contributed by atoms with Gasteiger partial charge >= 0.3 is 5.97 Å². The summed E-state index contributed by atoms with van der Waals surface area (Å²) in [6, 6.07) is 0. The van der Waals surface area contributed by atoms with Crippen molar-refractivity contribution in [2.45, 2.75) is 47.0 Å². The summed E-state index contributed by atoms with van der Waals surface area (Å²) in [5.74, 6) is 2.42. The predicted octanol–water partition coefficient (Wildman–Crippen LogP) is 4.37. The highest BCUT2D eigenvalue weighted by atomic mass is 16.5. The van der Waals surface area contributed by atoms with Gasteiger partial charge in [0.15, 0.2) is 0 Å². The first kappa shape index (κ1) is 15.3. The highest BCUT2D eigenvalue weighted by molar-refractivity contribution is 5.82. The van der Waals surface area contributed by atoms with Gasteiger partial charge in [0.05, 0.1) is 6.61 Å². The van der Waals surface area contributed by atoms with Gasteiger partial charge in [0, 0.05) is 6.08 Å². The Bertz CT molecular complexity index is 410. The Morgan fingerprint density at radius 3 is 2.80 bits per heavy atom. The highest BCUT2D eigenvalue weighted by Gasteiger charge is 2.44. The molecule has 5 atom stereocenters. The van der Waals surface area contributed by atoms with Crippen molar-refractivity contribution in [1.82, 2.24) is 0 Å². The molecule has 0 unspecified atom stereocenters. The molecule has 0 aliphatic heterocycles. The normalized spacial score (nSPS) is 40.6. The topological polar surface area (TPSA) is 26.3 Å². The van der Waals surface area contributed by atoms with Crippen LogP contribution < -0.4 is 0 Å². The summed E-state index contributed by atoms with van der Waals surface area (Å²) >= 11 is 0. The minimum absolute atomic E-state index is 0.0757. The third-order valence-electron chi connectivity index (χ3n) is 5.45. The molecule has 0 heterocycles. The summed E-state index contributed by atoms with van der Waals surface area (Å²) < 4.78 is 5.02. The van der Waals surface area contributed by atoms with Gasteiger partial charge < -0.3 is 4.74 Å². The number of hydrogen-bond acceptors (Lipinski definition) is 2. The Morgan fingerprint density at radius 1 is 1.35 bits per heavy atom. The lowest BCUT2D eigenvalue weighted by Gasteiger charge is -2.49. The van der Waals surface area contributed by atoms with Crippen LogP contribution in [-0.2, 0) is 9.53 Å². The van der Waals surface area contributed by atoms with E-state index in [0.29, 0.717) is 24.4 Å². The maximum absolute atomic E-state index is 11.6. The van der Waals surface area contributed by atoms with Crippen molar-refractivity contribution in [1.29, 1.82) is 0 Å². The smallest absolute Gasteiger partial charge is 0.330 e. The molecule has 2 rings (SSSR count). The zero-order valence-corrected chi connectivity index (χ0v) is 13.3. The fourth-order valence-electron chi connectivity index (χ4n) is 3.98. The third-order valence-corrected chi connectivity index (χ3v) is 5.45. The van der Waals surface area contributed by atoms with E-state index in [4.69, 9.17) is 4.74 Å². The molecule has 0 saturated heterocycles. The molecule has 20 heavy (non-hydrogen) atoms. The Labute approximate surface area is 123 Å². The molecule has 0 spiro atoms. The van der Waals surface area contributed by atoms with E-state index in [2.05, 4.69) is 39.0 Å². The Morgan fingerprint density at radius 2 is 2.10 bits per heavy atom. The second-order valence-electron chi connectivity index (χ2n) is 6.81. The summed E-state index contributed by atoms with van der Waals surface area (Å²) in [4.78, 5) is 11.6. The molecular weight excluding hydrogens is 248 g/mol. The zero-order valence-electron chi connectivity index (χ0n) is 13.3. The van der Waals surface area contributed by atoms with Gasteiger partial charge in [-0.1, -0.05) is 45.4 Å². The van der Waals surface area contributed by atoms with E-state index in [9.17, 15) is 4.79 Å². The van der Waals surface area contributed by atoms with Crippen LogP contribution in [0, 0.1) is 29.1 Å². The Hall–Kier alpha value is -1.05. The summed E-state index contributed by atoms with van der Waals surface area (Å²) in [5, 5.41) is 0. The lowest BCUT2D eigenvalue weighted by Crippen LogP contribution is -2.41. The van der Waals surface area contributed by atoms with Gasteiger partial charge in [-0.2, -0.15) is 0 Å². The summed E-state index contributed by atoms with van der Waals surface area (Å²) in [5.41, 5.74) is 0.0757. The maximum Gasteiger partial charge on any atom is 0.330 e. The third kappa shape index (κ3) is 2.99. The van der Waals surface area contributed by atoms with Crippen molar-refractivity contribution >= 4 is 5.97 Å². The largest absolute Gasteiger partial charge is 0.463 e. The van der Waals surface area contributed by atoms with E-state index in [1.807, 2.05) is 6.92 Å². The first-order valence-electron chi connectivity index (χ1n) is 8.01. The van der Waals surface area contributed by atoms with Gasteiger partial charge in [0.1, 0.15) is 0 Å². The fraction of sp³-hybridized carbons (Fsp3) is 0.722. The molecule has 2 aliphatic rings. The number of allylic oxidation sites excluding steroid dienone is 3. The van der Waals surface area contributed by atoms with Crippen LogP contribution in [0.3, 0.4) is 0 Å². The van der Waals surface area contributed by atoms with Crippen LogP contribution in [0.4, 0.5) is 0 Å². The second kappa shape index (κ2) is 6.15. The van der Waals surface area contributed by atoms with Crippen molar-refractivity contribution < 1.29 is 9.53 Å². The van der Waals surface area contributed by atoms with E-state index >= 15 is 0 Å². The van der Waals surface area contributed by atoms with Crippen LogP contribution in [0.1, 0.15) is 47.0 Å². The lowest BCUT2D eigenvalue weighted by molar-refractivity contribution is -0.137. The number of rotatable bonds is 3. The van der Waals surface area contributed by atoms with Crippen LogP contribution in [0.2, 0.25) is 0 Å². The molecular formula is C18H28O2. The van der Waals surface area contributed by atoms with Gasteiger partial charge in [0.2, 0.25) is 0 Å². The van der Waals surface area contributed by atoms with E-state index in [0.717, 1.165) is 5.92 Å². The summed E-state index contributed by atoms with van der Waals surface area (Å²) in [6.07, 6.45) is 12.4. The number of carbonyl (C=O) groups excluding carboxylic acids is 1. The zero-order chi connectivity index (χ0) is 14.8. The molecule has 2 heteroatoms. The maximum atomic E-state index is 11.6. The molecule has 0 N–H and O–H groups in total. The number of fused-ring (bicyclic) bond motifs is 1. The van der Waals surface area contributed by atoms with Crippen molar-refractivity contribution in [2.24, 2.45) is 29.1 Å².